The Balaban J connectivity index is 1.59. The van der Waals surface area contributed by atoms with Crippen molar-refractivity contribution in [2.24, 2.45) is 5.92 Å². The quantitative estimate of drug-likeness (QED) is 0.191. The molecule has 1 aliphatic rings. The van der Waals surface area contributed by atoms with Gasteiger partial charge >= 0.3 is 23.2 Å². The summed E-state index contributed by atoms with van der Waals surface area (Å²) in [5.41, 5.74) is -3.78. The minimum Gasteiger partial charge on any atom is -0.381 e. The van der Waals surface area contributed by atoms with Gasteiger partial charge in [0.15, 0.2) is 0 Å². The van der Waals surface area contributed by atoms with Crippen molar-refractivity contribution < 1.29 is 39.4 Å². The van der Waals surface area contributed by atoms with Crippen LogP contribution in [0.5, 0.6) is 0 Å². The molecule has 2 aromatic carbocycles. The first-order chi connectivity index (χ1) is 16.1. The van der Waals surface area contributed by atoms with Crippen LogP contribution in [0.2, 0.25) is 0 Å². The molecule has 0 saturated carbocycles. The van der Waals surface area contributed by atoms with Gasteiger partial charge in [0, 0.05) is 6.42 Å². The molecule has 0 aromatic heterocycles. The lowest BCUT2D eigenvalue weighted by atomic mass is 9.91. The van der Waals surface area contributed by atoms with Crippen molar-refractivity contribution in [1.29, 1.82) is 0 Å². The Hall–Kier alpha value is -2.13. The van der Waals surface area contributed by atoms with Crippen molar-refractivity contribution in [1.82, 2.24) is 0 Å². The maximum Gasteiger partial charge on any atom is 0.534 e. The summed E-state index contributed by atoms with van der Waals surface area (Å²) in [5.74, 6) is -0.243. The molecule has 0 fully saturated rings. The number of alkyl halides is 3. The van der Waals surface area contributed by atoms with Gasteiger partial charge in [0.05, 0.1) is 19.4 Å². The standard InChI is InChI=1S/C23H26F3O6PS/c24-23(25,26)34(28,29)32-22-13-11-19(12-14-22)15-16-33(27,30-17-20-7-3-1-4-8-20)31-18-21-9-5-2-6-10-21/h1-10,13,19H,11-12,14-18H2/t19-/m1/s1. The number of allylic oxidation sites excluding steroid dienone is 2. The summed E-state index contributed by atoms with van der Waals surface area (Å²) in [6.45, 7) is 0.232. The summed E-state index contributed by atoms with van der Waals surface area (Å²) in [6, 6.07) is 18.5. The van der Waals surface area contributed by atoms with Crippen LogP contribution >= 0.6 is 7.60 Å². The van der Waals surface area contributed by atoms with E-state index in [2.05, 4.69) is 4.18 Å². The zero-order chi connectivity index (χ0) is 24.7. The van der Waals surface area contributed by atoms with E-state index in [1.807, 2.05) is 60.7 Å². The van der Waals surface area contributed by atoms with E-state index in [0.717, 1.165) is 11.1 Å². The van der Waals surface area contributed by atoms with Gasteiger partial charge in [-0.1, -0.05) is 60.7 Å². The van der Waals surface area contributed by atoms with Gasteiger partial charge in [-0.15, -0.1) is 0 Å². The topological polar surface area (TPSA) is 78.9 Å². The Morgan fingerprint density at radius 1 is 0.912 bits per heavy atom. The summed E-state index contributed by atoms with van der Waals surface area (Å²) in [5, 5.41) is 0. The second-order valence-electron chi connectivity index (χ2n) is 7.94. The Labute approximate surface area is 197 Å². The average molecular weight is 518 g/mol. The lowest BCUT2D eigenvalue weighted by molar-refractivity contribution is -0.0524. The smallest absolute Gasteiger partial charge is 0.381 e. The highest BCUT2D eigenvalue weighted by molar-refractivity contribution is 7.87. The first-order valence-electron chi connectivity index (χ1n) is 10.7. The predicted octanol–water partition coefficient (Wildman–Crippen LogP) is 6.55. The molecule has 2 aromatic rings. The minimum atomic E-state index is -5.67. The minimum absolute atomic E-state index is 0.0186. The molecular formula is C23H26F3O6PS. The predicted molar refractivity (Wildman–Crippen MR) is 121 cm³/mol. The third kappa shape index (κ3) is 7.98. The van der Waals surface area contributed by atoms with Gasteiger partial charge in [-0.05, 0) is 42.4 Å². The zero-order valence-corrected chi connectivity index (χ0v) is 20.0. The van der Waals surface area contributed by atoms with Crippen LogP contribution in [0, 0.1) is 5.92 Å². The molecule has 6 nitrogen and oxygen atoms in total. The van der Waals surface area contributed by atoms with Crippen molar-refractivity contribution in [3.05, 3.63) is 83.6 Å². The second kappa shape index (κ2) is 11.5. The molecule has 186 valence electrons. The molecule has 0 radical (unpaired) electrons. The summed E-state index contributed by atoms with van der Waals surface area (Å²) < 4.78 is 89.1. The van der Waals surface area contributed by atoms with E-state index in [0.29, 0.717) is 19.3 Å². The SMILES string of the molecule is O=P(CC[C@@H]1CC=C(OS(=O)(=O)C(F)(F)F)CC1)(OCc1ccccc1)OCc1ccccc1. The van der Waals surface area contributed by atoms with Crippen LogP contribution in [0.15, 0.2) is 72.5 Å². The summed E-state index contributed by atoms with van der Waals surface area (Å²) in [7, 11) is -9.15. The fraction of sp³-hybridized carbons (Fsp3) is 0.391. The fourth-order valence-corrected chi connectivity index (χ4v) is 5.63. The molecular weight excluding hydrogens is 492 g/mol. The van der Waals surface area contributed by atoms with E-state index < -0.39 is 23.2 Å². The second-order valence-corrected chi connectivity index (χ2v) is 11.7. The van der Waals surface area contributed by atoms with Crippen LogP contribution in [0.4, 0.5) is 13.2 Å². The molecule has 0 amide bonds. The lowest BCUT2D eigenvalue weighted by Crippen LogP contribution is -2.26. The van der Waals surface area contributed by atoms with Crippen LogP contribution < -0.4 is 0 Å². The summed E-state index contributed by atoms with van der Waals surface area (Å²) in [4.78, 5) is 0. The van der Waals surface area contributed by atoms with Gasteiger partial charge in [-0.3, -0.25) is 4.57 Å². The van der Waals surface area contributed by atoms with Crippen LogP contribution in [0.3, 0.4) is 0 Å². The van der Waals surface area contributed by atoms with E-state index in [-0.39, 0.29) is 37.5 Å². The van der Waals surface area contributed by atoms with Crippen LogP contribution in [-0.4, -0.2) is 20.1 Å². The molecule has 0 unspecified atom stereocenters. The average Bonchev–Trinajstić information content (AvgIpc) is 2.82. The first kappa shape index (κ1) is 26.5. The van der Waals surface area contributed by atoms with Gasteiger partial charge in [-0.2, -0.15) is 21.6 Å². The molecule has 3 rings (SSSR count). The summed E-state index contributed by atoms with van der Waals surface area (Å²) in [6.07, 6.45) is 2.66. The van der Waals surface area contributed by atoms with E-state index in [1.165, 1.54) is 6.08 Å². The van der Waals surface area contributed by atoms with Gasteiger partial charge in [0.2, 0.25) is 0 Å². The monoisotopic (exact) mass is 518 g/mol. The van der Waals surface area contributed by atoms with Gasteiger partial charge < -0.3 is 13.2 Å². The van der Waals surface area contributed by atoms with Crippen LogP contribution in [0.25, 0.3) is 0 Å². The molecule has 34 heavy (non-hydrogen) atoms. The molecule has 0 saturated heterocycles. The molecule has 0 bridgehead atoms. The van der Waals surface area contributed by atoms with Crippen LogP contribution in [-0.2, 0) is 41.1 Å². The Morgan fingerprint density at radius 2 is 1.44 bits per heavy atom. The molecule has 0 aliphatic heterocycles. The van der Waals surface area contributed by atoms with E-state index in [1.54, 1.807) is 0 Å². The van der Waals surface area contributed by atoms with Crippen molar-refractivity contribution in [2.45, 2.75) is 44.4 Å². The van der Waals surface area contributed by atoms with Gasteiger partial charge in [0.25, 0.3) is 0 Å². The number of halogens is 3. The zero-order valence-electron chi connectivity index (χ0n) is 18.3. The largest absolute Gasteiger partial charge is 0.534 e. The van der Waals surface area contributed by atoms with Crippen LogP contribution in [0.1, 0.15) is 36.8 Å². The number of hydrogen-bond acceptors (Lipinski definition) is 6. The van der Waals surface area contributed by atoms with Crippen molar-refractivity contribution in [3.63, 3.8) is 0 Å². The lowest BCUT2D eigenvalue weighted by Gasteiger charge is -2.24. The third-order valence-corrected chi connectivity index (χ3v) is 8.18. The molecule has 0 spiro atoms. The Kier molecular flexibility index (Phi) is 8.98. The highest BCUT2D eigenvalue weighted by Crippen LogP contribution is 2.51. The normalized spacial score (nSPS) is 17.3. The van der Waals surface area contributed by atoms with Crippen molar-refractivity contribution in [2.75, 3.05) is 6.16 Å². The van der Waals surface area contributed by atoms with Gasteiger partial charge in [-0.25, -0.2) is 0 Å². The van der Waals surface area contributed by atoms with Gasteiger partial charge in [0.1, 0.15) is 5.76 Å². The maximum atomic E-state index is 13.5. The maximum absolute atomic E-state index is 13.5. The molecule has 1 atom stereocenters. The van der Waals surface area contributed by atoms with Crippen molar-refractivity contribution in [3.8, 4) is 0 Å². The molecule has 0 N–H and O–H groups in total. The Bertz CT molecular complexity index is 1060. The van der Waals surface area contributed by atoms with E-state index in [4.69, 9.17) is 9.05 Å². The number of hydrogen-bond donors (Lipinski definition) is 0. The van der Waals surface area contributed by atoms with E-state index >= 15 is 0 Å². The highest BCUT2D eigenvalue weighted by Gasteiger charge is 2.49. The number of benzene rings is 2. The third-order valence-electron chi connectivity index (χ3n) is 5.33. The van der Waals surface area contributed by atoms with Crippen molar-refractivity contribution >= 4 is 17.7 Å². The molecule has 11 heteroatoms. The van der Waals surface area contributed by atoms with E-state index in [9.17, 15) is 26.2 Å². The Morgan fingerprint density at radius 3 is 1.88 bits per heavy atom. The summed E-state index contributed by atoms with van der Waals surface area (Å²) >= 11 is 0. The highest BCUT2D eigenvalue weighted by atomic mass is 32.2. The first-order valence-corrected chi connectivity index (χ1v) is 13.9. The fourth-order valence-electron chi connectivity index (χ4n) is 3.39. The number of rotatable bonds is 11. The molecule has 1 aliphatic carbocycles. The molecule has 0 heterocycles.